The van der Waals surface area contributed by atoms with Crippen molar-refractivity contribution in [3.63, 3.8) is 0 Å². The maximum Gasteiger partial charge on any atom is 0.177 e. The van der Waals surface area contributed by atoms with Gasteiger partial charge in [0.2, 0.25) is 0 Å². The first-order valence-electron chi connectivity index (χ1n) is 9.43. The smallest absolute Gasteiger partial charge is 0.177 e. The largest absolute Gasteiger partial charge is 0.452 e. The van der Waals surface area contributed by atoms with Gasteiger partial charge in [0.05, 0.1) is 4.70 Å². The minimum absolute atomic E-state index is 0.404. The van der Waals surface area contributed by atoms with Gasteiger partial charge < -0.3 is 10.2 Å². The Bertz CT molecular complexity index is 1510. The van der Waals surface area contributed by atoms with Crippen LogP contribution in [-0.2, 0) is 0 Å². The Kier molecular flexibility index (Phi) is 3.94. The molecule has 0 unspecified atom stereocenters. The second kappa shape index (κ2) is 6.79. The van der Waals surface area contributed by atoms with Crippen molar-refractivity contribution >= 4 is 49.5 Å². The quantitative estimate of drug-likeness (QED) is 0.329. The van der Waals surface area contributed by atoms with Crippen LogP contribution in [0, 0.1) is 0 Å². The normalized spacial score (nSPS) is 11.5. The van der Waals surface area contributed by atoms with Gasteiger partial charge in [-0.3, -0.25) is 4.98 Å². The molecule has 144 valence electrons. The van der Waals surface area contributed by atoms with Gasteiger partial charge in [-0.1, -0.05) is 30.3 Å². The van der Waals surface area contributed by atoms with Crippen LogP contribution in [0.4, 0.5) is 5.82 Å². The average Bonchev–Trinajstić information content (AvgIpc) is 3.52. The summed E-state index contributed by atoms with van der Waals surface area (Å²) in [6, 6.07) is 18.8. The van der Waals surface area contributed by atoms with Crippen molar-refractivity contribution in [1.82, 2.24) is 9.97 Å². The van der Waals surface area contributed by atoms with Gasteiger partial charge in [0, 0.05) is 55.6 Å². The van der Waals surface area contributed by atoms with Gasteiger partial charge in [0.25, 0.3) is 0 Å². The molecule has 6 rings (SSSR count). The third kappa shape index (κ3) is 2.73. The van der Waals surface area contributed by atoms with Crippen LogP contribution in [0.2, 0.25) is 0 Å². The zero-order chi connectivity index (χ0) is 20.1. The highest BCUT2D eigenvalue weighted by Crippen LogP contribution is 2.42. The Hall–Kier alpha value is -3.48. The predicted molar refractivity (Wildman–Crippen MR) is 126 cm³/mol. The van der Waals surface area contributed by atoms with Crippen molar-refractivity contribution in [1.29, 1.82) is 0 Å². The molecule has 0 spiro atoms. The van der Waals surface area contributed by atoms with Crippen molar-refractivity contribution in [3.05, 3.63) is 78.6 Å². The number of nitrogens with zero attached hydrogens (tertiary/aromatic N) is 2. The number of furan rings is 1. The average molecular weight is 426 g/mol. The lowest BCUT2D eigenvalue weighted by atomic mass is 10.1. The molecule has 2 N–H and O–H groups in total. The first kappa shape index (κ1) is 17.4. The molecular weight excluding hydrogens is 410 g/mol. The van der Waals surface area contributed by atoms with E-state index in [1.165, 1.54) is 10.4 Å². The zero-order valence-corrected chi connectivity index (χ0v) is 17.3. The first-order chi connectivity index (χ1) is 14.8. The van der Waals surface area contributed by atoms with Gasteiger partial charge in [0.15, 0.2) is 11.4 Å². The summed E-state index contributed by atoms with van der Waals surface area (Å²) in [5, 5.41) is 4.21. The SMILES string of the molecule is Nc1ncc(-c2ccc(-c3ccccc3)s2)c2cc(-c3csc4cnccc34)oc12. The van der Waals surface area contributed by atoms with Crippen molar-refractivity contribution in [3.8, 4) is 32.2 Å². The van der Waals surface area contributed by atoms with E-state index in [-0.39, 0.29) is 0 Å². The van der Waals surface area contributed by atoms with E-state index in [4.69, 9.17) is 10.2 Å². The van der Waals surface area contributed by atoms with Gasteiger partial charge in [-0.05, 0) is 29.8 Å². The van der Waals surface area contributed by atoms with Gasteiger partial charge in [-0.15, -0.1) is 22.7 Å². The first-order valence-corrected chi connectivity index (χ1v) is 11.1. The molecule has 5 heterocycles. The van der Waals surface area contributed by atoms with Crippen molar-refractivity contribution in [2.75, 3.05) is 5.73 Å². The van der Waals surface area contributed by atoms with E-state index in [1.807, 2.05) is 24.5 Å². The van der Waals surface area contributed by atoms with Crippen molar-refractivity contribution in [2.24, 2.45) is 0 Å². The lowest BCUT2D eigenvalue weighted by Crippen LogP contribution is -1.90. The predicted octanol–water partition coefficient (Wildman–Crippen LogP) is 7.08. The molecule has 0 fully saturated rings. The van der Waals surface area contributed by atoms with Gasteiger partial charge in [-0.25, -0.2) is 4.98 Å². The van der Waals surface area contributed by atoms with E-state index >= 15 is 0 Å². The Morgan fingerprint density at radius 3 is 2.63 bits per heavy atom. The highest BCUT2D eigenvalue weighted by Gasteiger charge is 2.18. The summed E-state index contributed by atoms with van der Waals surface area (Å²) in [5.74, 6) is 1.20. The third-order valence-corrected chi connectivity index (χ3v) is 7.26. The molecule has 5 aromatic heterocycles. The lowest BCUT2D eigenvalue weighted by Gasteiger charge is -2.01. The Labute approximate surface area is 180 Å². The van der Waals surface area contributed by atoms with Gasteiger partial charge in [-0.2, -0.15) is 0 Å². The van der Waals surface area contributed by atoms with Crippen LogP contribution in [0.3, 0.4) is 0 Å². The van der Waals surface area contributed by atoms with E-state index in [9.17, 15) is 0 Å². The molecule has 0 bridgehead atoms. The van der Waals surface area contributed by atoms with Crippen LogP contribution >= 0.6 is 22.7 Å². The van der Waals surface area contributed by atoms with Crippen molar-refractivity contribution < 1.29 is 4.42 Å². The summed E-state index contributed by atoms with van der Waals surface area (Å²) in [5.41, 5.74) is 10.1. The van der Waals surface area contributed by atoms with Crippen LogP contribution in [0.1, 0.15) is 0 Å². The molecule has 0 saturated carbocycles. The molecule has 1 aromatic carbocycles. The van der Waals surface area contributed by atoms with Gasteiger partial charge >= 0.3 is 0 Å². The van der Waals surface area contributed by atoms with Crippen LogP contribution < -0.4 is 5.73 Å². The maximum atomic E-state index is 6.21. The van der Waals surface area contributed by atoms with Crippen LogP contribution in [0.25, 0.3) is 53.3 Å². The summed E-state index contributed by atoms with van der Waals surface area (Å²) in [7, 11) is 0. The number of nitrogens with two attached hydrogens (primary N) is 1. The molecule has 0 aliphatic rings. The fraction of sp³-hybridized carbons (Fsp3) is 0. The molecule has 0 saturated heterocycles. The summed E-state index contributed by atoms with van der Waals surface area (Å²) in [4.78, 5) is 11.0. The molecule has 6 aromatic rings. The molecule has 4 nitrogen and oxygen atoms in total. The number of hydrogen-bond acceptors (Lipinski definition) is 6. The molecule has 0 aliphatic carbocycles. The minimum Gasteiger partial charge on any atom is -0.452 e. The second-order valence-corrected chi connectivity index (χ2v) is 8.96. The molecular formula is C24H15N3OS2. The van der Waals surface area contributed by atoms with Crippen LogP contribution in [-0.4, -0.2) is 9.97 Å². The van der Waals surface area contributed by atoms with Crippen molar-refractivity contribution in [2.45, 2.75) is 0 Å². The number of hydrogen-bond donors (Lipinski definition) is 1. The monoisotopic (exact) mass is 425 g/mol. The zero-order valence-electron chi connectivity index (χ0n) is 15.7. The van der Waals surface area contributed by atoms with E-state index in [1.54, 1.807) is 28.9 Å². The van der Waals surface area contributed by atoms with Crippen LogP contribution in [0.15, 0.2) is 83.0 Å². The second-order valence-electron chi connectivity index (χ2n) is 6.96. The molecule has 30 heavy (non-hydrogen) atoms. The number of anilines is 1. The summed E-state index contributed by atoms with van der Waals surface area (Å²) >= 11 is 3.40. The highest BCUT2D eigenvalue weighted by molar-refractivity contribution is 7.19. The standard InChI is InChI=1S/C24H15N3OS2/c25-24-23-16(10-19(28-23)18-13-29-22-12-26-9-8-15(18)22)17(11-27-24)21-7-6-20(30-21)14-4-2-1-3-5-14/h1-13H,(H2,25,27). The highest BCUT2D eigenvalue weighted by atomic mass is 32.1. The number of nitrogen functional groups attached to an aromatic ring is 1. The Morgan fingerprint density at radius 1 is 0.867 bits per heavy atom. The van der Waals surface area contributed by atoms with Gasteiger partial charge in [0.1, 0.15) is 5.76 Å². The third-order valence-electron chi connectivity index (χ3n) is 5.16. The topological polar surface area (TPSA) is 64.9 Å². The fourth-order valence-electron chi connectivity index (χ4n) is 3.69. The lowest BCUT2D eigenvalue weighted by molar-refractivity contribution is 0.632. The van der Waals surface area contributed by atoms with E-state index in [2.05, 4.69) is 57.8 Å². The number of aromatic nitrogens is 2. The number of fused-ring (bicyclic) bond motifs is 2. The summed E-state index contributed by atoms with van der Waals surface area (Å²) in [6.07, 6.45) is 5.52. The number of rotatable bonds is 3. The summed E-state index contributed by atoms with van der Waals surface area (Å²) in [6.45, 7) is 0. The molecule has 0 radical (unpaired) electrons. The minimum atomic E-state index is 0.404. The Balaban J connectivity index is 1.51. The number of thiophene rings is 2. The molecule has 0 atom stereocenters. The number of benzene rings is 1. The van der Waals surface area contributed by atoms with E-state index < -0.39 is 0 Å². The molecule has 0 aliphatic heterocycles. The maximum absolute atomic E-state index is 6.21. The van der Waals surface area contributed by atoms with E-state index in [0.717, 1.165) is 37.2 Å². The fourth-order valence-corrected chi connectivity index (χ4v) is 5.64. The summed E-state index contributed by atoms with van der Waals surface area (Å²) < 4.78 is 7.34. The van der Waals surface area contributed by atoms with Crippen LogP contribution in [0.5, 0.6) is 0 Å². The number of pyridine rings is 2. The molecule has 0 amide bonds. The van der Waals surface area contributed by atoms with E-state index in [0.29, 0.717) is 11.4 Å². The molecule has 6 heteroatoms. The Morgan fingerprint density at radius 2 is 1.73 bits per heavy atom.